The van der Waals surface area contributed by atoms with Crippen LogP contribution in [0, 0.1) is 0 Å². The number of hydrogen-bond acceptors (Lipinski definition) is 6. The predicted molar refractivity (Wildman–Crippen MR) is 71.3 cm³/mol. The van der Waals surface area contributed by atoms with Gasteiger partial charge in [-0.2, -0.15) is 4.98 Å². The Kier molecular flexibility index (Phi) is 4.30. The lowest BCUT2D eigenvalue weighted by molar-refractivity contribution is -0.114. The SMILES string of the molecule is CC(=O)Nc1ccn([C@@H]2S[C@H](CO)[C@@H](O)C2(F)F)c(=O)n1. The third-order valence-corrected chi connectivity index (χ3v) is 4.50. The average Bonchev–Trinajstić information content (AvgIpc) is 2.61. The highest BCUT2D eigenvalue weighted by atomic mass is 32.2. The molecule has 0 saturated carbocycles. The maximum Gasteiger partial charge on any atom is 0.350 e. The number of rotatable bonds is 3. The number of aliphatic hydroxyl groups excluding tert-OH is 2. The van der Waals surface area contributed by atoms with Gasteiger partial charge < -0.3 is 15.5 Å². The molecule has 3 N–H and O–H groups in total. The molecule has 0 bridgehead atoms. The summed E-state index contributed by atoms with van der Waals surface area (Å²) >= 11 is 0.598. The highest BCUT2D eigenvalue weighted by molar-refractivity contribution is 8.00. The predicted octanol–water partition coefficient (Wildman–Crippen LogP) is -0.196. The maximum absolute atomic E-state index is 14.0. The van der Waals surface area contributed by atoms with Crippen LogP contribution in [0.5, 0.6) is 0 Å². The third-order valence-electron chi connectivity index (χ3n) is 2.95. The van der Waals surface area contributed by atoms with Gasteiger partial charge in [0.05, 0.1) is 11.9 Å². The van der Waals surface area contributed by atoms with E-state index < -0.39 is 40.9 Å². The van der Waals surface area contributed by atoms with Crippen LogP contribution in [0.3, 0.4) is 0 Å². The average molecular weight is 321 g/mol. The maximum atomic E-state index is 14.0. The lowest BCUT2D eigenvalue weighted by Crippen LogP contribution is -2.41. The van der Waals surface area contributed by atoms with Gasteiger partial charge in [0.15, 0.2) is 5.37 Å². The Balaban J connectivity index is 2.34. The summed E-state index contributed by atoms with van der Waals surface area (Å²) in [7, 11) is 0. The minimum absolute atomic E-state index is 0.0469. The highest BCUT2D eigenvalue weighted by Gasteiger charge is 2.58. The normalized spacial score (nSPS) is 27.6. The van der Waals surface area contributed by atoms with Crippen LogP contribution in [0.25, 0.3) is 0 Å². The van der Waals surface area contributed by atoms with Crippen LogP contribution in [-0.2, 0) is 4.79 Å². The minimum atomic E-state index is -3.58. The molecule has 0 radical (unpaired) electrons. The number of thioether (sulfide) groups is 1. The third kappa shape index (κ3) is 2.92. The second-order valence-electron chi connectivity index (χ2n) is 4.51. The van der Waals surface area contributed by atoms with Gasteiger partial charge in [-0.1, -0.05) is 0 Å². The van der Waals surface area contributed by atoms with Gasteiger partial charge in [-0.15, -0.1) is 11.8 Å². The summed E-state index contributed by atoms with van der Waals surface area (Å²) in [6.45, 7) is 0.584. The number of aliphatic hydroxyl groups is 2. The Morgan fingerprint density at radius 2 is 2.29 bits per heavy atom. The summed E-state index contributed by atoms with van der Waals surface area (Å²) in [6, 6.07) is 1.21. The molecule has 10 heteroatoms. The molecule has 1 aromatic rings. The van der Waals surface area contributed by atoms with Crippen molar-refractivity contribution in [1.29, 1.82) is 0 Å². The van der Waals surface area contributed by atoms with E-state index in [1.54, 1.807) is 0 Å². The molecular formula is C11H13F2N3O4S. The van der Waals surface area contributed by atoms with Crippen molar-refractivity contribution in [3.8, 4) is 0 Å². The summed E-state index contributed by atoms with van der Waals surface area (Å²) in [5.41, 5.74) is -0.982. The number of aromatic nitrogens is 2. The van der Waals surface area contributed by atoms with Crippen molar-refractivity contribution in [1.82, 2.24) is 9.55 Å². The number of halogens is 2. The lowest BCUT2D eigenvalue weighted by Gasteiger charge is -2.22. The van der Waals surface area contributed by atoms with Crippen LogP contribution in [0.1, 0.15) is 12.3 Å². The summed E-state index contributed by atoms with van der Waals surface area (Å²) < 4.78 is 28.6. The molecule has 1 saturated heterocycles. The summed E-state index contributed by atoms with van der Waals surface area (Å²) in [4.78, 5) is 26.1. The fourth-order valence-electron chi connectivity index (χ4n) is 1.96. The Morgan fingerprint density at radius 1 is 1.62 bits per heavy atom. The van der Waals surface area contributed by atoms with Gasteiger partial charge in [-0.3, -0.25) is 9.36 Å². The highest BCUT2D eigenvalue weighted by Crippen LogP contribution is 2.51. The van der Waals surface area contributed by atoms with Crippen LogP contribution in [-0.4, -0.2) is 49.6 Å². The largest absolute Gasteiger partial charge is 0.395 e. The molecule has 0 spiro atoms. The fraction of sp³-hybridized carbons (Fsp3) is 0.545. The van der Waals surface area contributed by atoms with Crippen molar-refractivity contribution < 1.29 is 23.8 Å². The molecule has 1 amide bonds. The first-order valence-electron chi connectivity index (χ1n) is 5.96. The van der Waals surface area contributed by atoms with E-state index in [-0.39, 0.29) is 5.82 Å². The van der Waals surface area contributed by atoms with Crippen molar-refractivity contribution in [3.05, 3.63) is 22.7 Å². The first-order valence-corrected chi connectivity index (χ1v) is 6.90. The molecule has 0 aliphatic carbocycles. The standard InChI is InChI=1S/C11H13F2N3O4S/c1-5(18)14-7-2-3-16(10(20)15-7)9-11(12,13)8(19)6(4-17)21-9/h2-3,6,8-9,17,19H,4H2,1H3,(H,14,15,18,20)/t6-,8-,9-/m1/s1. The van der Waals surface area contributed by atoms with E-state index in [9.17, 15) is 23.5 Å². The fourth-order valence-corrected chi connectivity index (χ4v) is 3.32. The van der Waals surface area contributed by atoms with E-state index in [1.165, 1.54) is 13.0 Å². The molecule has 3 atom stereocenters. The Bertz CT molecular complexity index is 609. The van der Waals surface area contributed by atoms with Crippen LogP contribution in [0.4, 0.5) is 14.6 Å². The van der Waals surface area contributed by atoms with Crippen molar-refractivity contribution in [3.63, 3.8) is 0 Å². The number of alkyl halides is 2. The van der Waals surface area contributed by atoms with Crippen molar-refractivity contribution >= 4 is 23.5 Å². The second kappa shape index (κ2) is 5.70. The zero-order valence-corrected chi connectivity index (χ0v) is 11.7. The molecule has 1 aliphatic rings. The van der Waals surface area contributed by atoms with Crippen LogP contribution < -0.4 is 11.0 Å². The quantitative estimate of drug-likeness (QED) is 0.712. The molecule has 7 nitrogen and oxygen atoms in total. The van der Waals surface area contributed by atoms with Gasteiger partial charge in [0.2, 0.25) is 5.91 Å². The summed E-state index contributed by atoms with van der Waals surface area (Å²) in [5, 5.41) is 18.0. The van der Waals surface area contributed by atoms with Crippen molar-refractivity contribution in [2.75, 3.05) is 11.9 Å². The first-order chi connectivity index (χ1) is 9.77. The zero-order valence-electron chi connectivity index (χ0n) is 10.9. The Morgan fingerprint density at radius 3 is 2.76 bits per heavy atom. The van der Waals surface area contributed by atoms with Crippen LogP contribution in [0.2, 0.25) is 0 Å². The van der Waals surface area contributed by atoms with Crippen molar-refractivity contribution in [2.45, 2.75) is 29.6 Å². The first kappa shape index (κ1) is 15.9. The van der Waals surface area contributed by atoms with E-state index in [4.69, 9.17) is 5.11 Å². The van der Waals surface area contributed by atoms with Crippen LogP contribution >= 0.6 is 11.8 Å². The molecular weight excluding hydrogens is 308 g/mol. The number of nitrogens with zero attached hydrogens (tertiary/aromatic N) is 2. The topological polar surface area (TPSA) is 104 Å². The Hall–Kier alpha value is -1.52. The van der Waals surface area contributed by atoms with E-state index in [0.29, 0.717) is 16.3 Å². The van der Waals surface area contributed by atoms with Crippen molar-refractivity contribution in [2.24, 2.45) is 0 Å². The molecule has 0 aromatic carbocycles. The van der Waals surface area contributed by atoms with Crippen LogP contribution in [0.15, 0.2) is 17.1 Å². The minimum Gasteiger partial charge on any atom is -0.395 e. The lowest BCUT2D eigenvalue weighted by atomic mass is 10.1. The monoisotopic (exact) mass is 321 g/mol. The molecule has 2 heterocycles. The number of nitrogens with one attached hydrogen (secondary N) is 1. The number of anilines is 1. The van der Waals surface area contributed by atoms with Gasteiger partial charge in [0.25, 0.3) is 0 Å². The van der Waals surface area contributed by atoms with E-state index in [0.717, 1.165) is 6.20 Å². The number of carbonyl (C=O) groups excluding carboxylic acids is 1. The second-order valence-corrected chi connectivity index (χ2v) is 5.84. The van der Waals surface area contributed by atoms with E-state index in [2.05, 4.69) is 10.3 Å². The number of hydrogen-bond donors (Lipinski definition) is 3. The molecule has 0 unspecified atom stereocenters. The Labute approximate surface area is 122 Å². The van der Waals surface area contributed by atoms with Gasteiger partial charge in [0, 0.05) is 13.1 Å². The molecule has 116 valence electrons. The van der Waals surface area contributed by atoms with Gasteiger partial charge in [-0.05, 0) is 6.07 Å². The van der Waals surface area contributed by atoms with Gasteiger partial charge >= 0.3 is 11.6 Å². The summed E-state index contributed by atoms with van der Waals surface area (Å²) in [6.07, 6.45) is -0.988. The molecule has 1 aliphatic heterocycles. The molecule has 1 aromatic heterocycles. The molecule has 21 heavy (non-hydrogen) atoms. The van der Waals surface area contributed by atoms with E-state index in [1.807, 2.05) is 0 Å². The number of amides is 1. The van der Waals surface area contributed by atoms with Gasteiger partial charge in [-0.25, -0.2) is 13.6 Å². The molecule has 1 fully saturated rings. The van der Waals surface area contributed by atoms with Gasteiger partial charge in [0.1, 0.15) is 11.9 Å². The summed E-state index contributed by atoms with van der Waals surface area (Å²) in [5.74, 6) is -4.08. The zero-order chi connectivity index (χ0) is 15.8. The smallest absolute Gasteiger partial charge is 0.350 e. The molecule has 2 rings (SSSR count). The number of carbonyl (C=O) groups is 1. The van der Waals surface area contributed by atoms with E-state index >= 15 is 0 Å².